The van der Waals surface area contributed by atoms with Crippen LogP contribution in [0.15, 0.2) is 18.2 Å². The van der Waals surface area contributed by atoms with Gasteiger partial charge in [0.15, 0.2) is 17.3 Å². The molecule has 2 N–H and O–H groups in total. The number of benzene rings is 1. The Morgan fingerprint density at radius 1 is 1.37 bits per heavy atom. The quantitative estimate of drug-likeness (QED) is 0.851. The molecule has 0 saturated heterocycles. The lowest BCUT2D eigenvalue weighted by molar-refractivity contribution is 0.0930. The summed E-state index contributed by atoms with van der Waals surface area (Å²) in [5.74, 6) is -0.726. The maximum atomic E-state index is 14.0. The van der Waals surface area contributed by atoms with Crippen molar-refractivity contribution in [1.29, 1.82) is 0 Å². The van der Waals surface area contributed by atoms with Crippen molar-refractivity contribution in [3.8, 4) is 5.75 Å². The van der Waals surface area contributed by atoms with E-state index in [1.165, 1.54) is 25.7 Å². The van der Waals surface area contributed by atoms with Crippen LogP contribution in [-0.4, -0.2) is 18.4 Å². The first-order valence-corrected chi connectivity index (χ1v) is 6.70. The number of carbonyl (C=O) groups is 1. The van der Waals surface area contributed by atoms with Crippen molar-refractivity contribution in [1.82, 2.24) is 0 Å². The fourth-order valence-corrected chi connectivity index (χ4v) is 2.73. The summed E-state index contributed by atoms with van der Waals surface area (Å²) in [6.45, 7) is 0. The molecule has 0 aromatic heterocycles. The zero-order valence-corrected chi connectivity index (χ0v) is 11.2. The standard InChI is InChI=1S/C15H20FNO2/c1-19-13-7-5-6-11(14(13)16)12(18)10-15(17)8-3-2-4-9-15/h5-7H,2-4,8-10,17H2,1H3. The number of nitrogens with two attached hydrogens (primary N) is 1. The lowest BCUT2D eigenvalue weighted by Crippen LogP contribution is -2.43. The molecule has 0 bridgehead atoms. The van der Waals surface area contributed by atoms with Gasteiger partial charge in [-0.2, -0.15) is 0 Å². The lowest BCUT2D eigenvalue weighted by Gasteiger charge is -2.32. The smallest absolute Gasteiger partial charge is 0.175 e. The molecule has 104 valence electrons. The number of ether oxygens (including phenoxy) is 1. The van der Waals surface area contributed by atoms with Crippen LogP contribution in [0.3, 0.4) is 0 Å². The molecule has 1 fully saturated rings. The van der Waals surface area contributed by atoms with Gasteiger partial charge in [-0.05, 0) is 25.0 Å². The molecule has 2 rings (SSSR count). The molecule has 3 nitrogen and oxygen atoms in total. The van der Waals surface area contributed by atoms with Crippen LogP contribution in [0.1, 0.15) is 48.9 Å². The van der Waals surface area contributed by atoms with Crippen molar-refractivity contribution in [2.75, 3.05) is 7.11 Å². The second-order valence-corrected chi connectivity index (χ2v) is 5.34. The maximum Gasteiger partial charge on any atom is 0.175 e. The average molecular weight is 265 g/mol. The summed E-state index contributed by atoms with van der Waals surface area (Å²) in [4.78, 5) is 12.2. The topological polar surface area (TPSA) is 52.3 Å². The Morgan fingerprint density at radius 2 is 2.05 bits per heavy atom. The van der Waals surface area contributed by atoms with Crippen molar-refractivity contribution >= 4 is 5.78 Å². The number of Topliss-reactive ketones (excluding diaryl/α,β-unsaturated/α-hetero) is 1. The van der Waals surface area contributed by atoms with Crippen LogP contribution in [0.25, 0.3) is 0 Å². The van der Waals surface area contributed by atoms with Crippen molar-refractivity contribution in [3.05, 3.63) is 29.6 Å². The number of hydrogen-bond donors (Lipinski definition) is 1. The summed E-state index contributed by atoms with van der Waals surface area (Å²) < 4.78 is 18.9. The van der Waals surface area contributed by atoms with E-state index in [0.29, 0.717) is 0 Å². The Morgan fingerprint density at radius 3 is 2.68 bits per heavy atom. The van der Waals surface area contributed by atoms with Gasteiger partial charge in [-0.25, -0.2) is 4.39 Å². The first-order chi connectivity index (χ1) is 9.06. The van der Waals surface area contributed by atoms with Gasteiger partial charge in [0.25, 0.3) is 0 Å². The van der Waals surface area contributed by atoms with E-state index in [9.17, 15) is 9.18 Å². The molecule has 0 radical (unpaired) electrons. The van der Waals surface area contributed by atoms with Gasteiger partial charge in [0, 0.05) is 12.0 Å². The zero-order chi connectivity index (χ0) is 13.9. The van der Waals surface area contributed by atoms with Crippen LogP contribution in [0, 0.1) is 5.82 Å². The van der Waals surface area contributed by atoms with Crippen LogP contribution in [0.2, 0.25) is 0 Å². The van der Waals surface area contributed by atoms with E-state index >= 15 is 0 Å². The molecule has 0 atom stereocenters. The van der Waals surface area contributed by atoms with E-state index in [4.69, 9.17) is 10.5 Å². The SMILES string of the molecule is COc1cccc(C(=O)CC2(N)CCCCC2)c1F. The first-order valence-electron chi connectivity index (χ1n) is 6.70. The molecule has 0 aliphatic heterocycles. The molecule has 0 unspecified atom stereocenters. The number of ketones is 1. The third-order valence-corrected chi connectivity index (χ3v) is 3.85. The highest BCUT2D eigenvalue weighted by molar-refractivity contribution is 5.97. The number of methoxy groups -OCH3 is 1. The Labute approximate surface area is 112 Å². The third-order valence-electron chi connectivity index (χ3n) is 3.85. The summed E-state index contributed by atoms with van der Waals surface area (Å²) in [5.41, 5.74) is 5.85. The fourth-order valence-electron chi connectivity index (χ4n) is 2.73. The average Bonchev–Trinajstić information content (AvgIpc) is 2.39. The summed E-state index contributed by atoms with van der Waals surface area (Å²) in [5, 5.41) is 0. The molecule has 1 saturated carbocycles. The summed E-state index contributed by atoms with van der Waals surface area (Å²) in [7, 11) is 1.39. The number of rotatable bonds is 4. The molecule has 4 heteroatoms. The monoisotopic (exact) mass is 265 g/mol. The van der Waals surface area contributed by atoms with Gasteiger partial charge in [0.1, 0.15) is 0 Å². The van der Waals surface area contributed by atoms with Gasteiger partial charge >= 0.3 is 0 Å². The predicted molar refractivity (Wildman–Crippen MR) is 71.9 cm³/mol. The Bertz CT molecular complexity index is 467. The second-order valence-electron chi connectivity index (χ2n) is 5.34. The minimum atomic E-state index is -0.589. The maximum absolute atomic E-state index is 14.0. The van der Waals surface area contributed by atoms with E-state index in [1.807, 2.05) is 0 Å². The molecule has 1 aliphatic carbocycles. The Balaban J connectivity index is 2.16. The minimum Gasteiger partial charge on any atom is -0.494 e. The number of halogens is 1. The normalized spacial score (nSPS) is 18.1. The van der Waals surface area contributed by atoms with Crippen molar-refractivity contribution < 1.29 is 13.9 Å². The molecule has 1 aromatic carbocycles. The van der Waals surface area contributed by atoms with E-state index in [0.717, 1.165) is 25.7 Å². The lowest BCUT2D eigenvalue weighted by atomic mass is 9.78. The molecule has 0 heterocycles. The Hall–Kier alpha value is -1.42. The van der Waals surface area contributed by atoms with Crippen LogP contribution < -0.4 is 10.5 Å². The second kappa shape index (κ2) is 5.70. The van der Waals surface area contributed by atoms with Gasteiger partial charge in [-0.15, -0.1) is 0 Å². The van der Waals surface area contributed by atoms with E-state index < -0.39 is 11.4 Å². The van der Waals surface area contributed by atoms with E-state index in [1.54, 1.807) is 6.07 Å². The van der Waals surface area contributed by atoms with Crippen molar-refractivity contribution in [2.45, 2.75) is 44.1 Å². The number of hydrogen-bond acceptors (Lipinski definition) is 3. The third kappa shape index (κ3) is 3.13. The number of carbonyl (C=O) groups excluding carboxylic acids is 1. The minimum absolute atomic E-state index is 0.0785. The molecule has 1 aliphatic rings. The summed E-state index contributed by atoms with van der Waals surface area (Å²) in [6, 6.07) is 4.62. The predicted octanol–water partition coefficient (Wildman–Crippen LogP) is 3.07. The molecule has 1 aromatic rings. The van der Waals surface area contributed by atoms with E-state index in [2.05, 4.69) is 0 Å². The zero-order valence-electron chi connectivity index (χ0n) is 11.2. The highest BCUT2D eigenvalue weighted by atomic mass is 19.1. The van der Waals surface area contributed by atoms with Crippen LogP contribution in [0.4, 0.5) is 4.39 Å². The van der Waals surface area contributed by atoms with E-state index in [-0.39, 0.29) is 23.5 Å². The molecular formula is C15H20FNO2. The van der Waals surface area contributed by atoms with Crippen LogP contribution >= 0.6 is 0 Å². The van der Waals surface area contributed by atoms with Gasteiger partial charge in [0.2, 0.25) is 0 Å². The van der Waals surface area contributed by atoms with Crippen molar-refractivity contribution in [3.63, 3.8) is 0 Å². The van der Waals surface area contributed by atoms with Gasteiger partial charge in [-0.1, -0.05) is 25.3 Å². The first kappa shape index (κ1) is 14.0. The molecule has 0 amide bonds. The molecule has 0 spiro atoms. The van der Waals surface area contributed by atoms with Crippen molar-refractivity contribution in [2.24, 2.45) is 5.73 Å². The van der Waals surface area contributed by atoms with Gasteiger partial charge in [0.05, 0.1) is 12.7 Å². The highest BCUT2D eigenvalue weighted by Crippen LogP contribution is 2.31. The van der Waals surface area contributed by atoms with Gasteiger partial charge in [-0.3, -0.25) is 4.79 Å². The molecule has 19 heavy (non-hydrogen) atoms. The van der Waals surface area contributed by atoms with Crippen LogP contribution in [-0.2, 0) is 0 Å². The van der Waals surface area contributed by atoms with Crippen LogP contribution in [0.5, 0.6) is 5.75 Å². The van der Waals surface area contributed by atoms with Gasteiger partial charge < -0.3 is 10.5 Å². The summed E-state index contributed by atoms with van der Waals surface area (Å²) >= 11 is 0. The summed E-state index contributed by atoms with van der Waals surface area (Å²) in [6.07, 6.45) is 5.14. The Kier molecular flexibility index (Phi) is 4.20. The molecular weight excluding hydrogens is 245 g/mol. The largest absolute Gasteiger partial charge is 0.494 e. The highest BCUT2D eigenvalue weighted by Gasteiger charge is 2.31. The fraction of sp³-hybridized carbons (Fsp3) is 0.533.